The smallest absolute Gasteiger partial charge is 0.244 e. The molecule has 0 spiro atoms. The van der Waals surface area contributed by atoms with E-state index in [1.54, 1.807) is 0 Å². The fourth-order valence-electron chi connectivity index (χ4n) is 2.74. The molecule has 0 radical (unpaired) electrons. The highest BCUT2D eigenvalue weighted by Gasteiger charge is 2.35. The van der Waals surface area contributed by atoms with Gasteiger partial charge in [0.1, 0.15) is 17.4 Å². The predicted molar refractivity (Wildman–Crippen MR) is 87.9 cm³/mol. The van der Waals surface area contributed by atoms with Gasteiger partial charge in [-0.15, -0.1) is 5.10 Å². The summed E-state index contributed by atoms with van der Waals surface area (Å²) < 4.78 is 12.1. The molecule has 1 unspecified atom stereocenters. The number of fused-ring (bicyclic) bond motifs is 1. The number of H-pyrrole nitrogens is 1. The van der Waals surface area contributed by atoms with Crippen molar-refractivity contribution in [3.05, 3.63) is 50.9 Å². The minimum Gasteiger partial charge on any atom is -0.494 e. The number of hydrogen-bond donors (Lipinski definition) is 2. The van der Waals surface area contributed by atoms with Crippen molar-refractivity contribution in [1.82, 2.24) is 10.2 Å². The van der Waals surface area contributed by atoms with Crippen LogP contribution >= 0.6 is 15.9 Å². The molecule has 2 heterocycles. The van der Waals surface area contributed by atoms with Gasteiger partial charge in [0.25, 0.3) is 0 Å². The van der Waals surface area contributed by atoms with Crippen molar-refractivity contribution in [2.24, 2.45) is 5.73 Å². The summed E-state index contributed by atoms with van der Waals surface area (Å²) in [6.45, 7) is 4.33. The highest BCUT2D eigenvalue weighted by atomic mass is 79.9. The molecule has 6 nitrogen and oxygen atoms in total. The van der Waals surface area contributed by atoms with E-state index >= 15 is 0 Å². The van der Waals surface area contributed by atoms with Crippen LogP contribution in [0.3, 0.4) is 0 Å². The van der Waals surface area contributed by atoms with Gasteiger partial charge in [-0.25, -0.2) is 0 Å². The minimum atomic E-state index is -0.387. The fourth-order valence-corrected chi connectivity index (χ4v) is 3.12. The third-order valence-corrected chi connectivity index (χ3v) is 4.21. The Balaban J connectivity index is 2.27. The molecule has 0 fully saturated rings. The van der Waals surface area contributed by atoms with Crippen molar-refractivity contribution >= 4 is 15.9 Å². The molecule has 1 atom stereocenters. The zero-order valence-electron chi connectivity index (χ0n) is 12.7. The molecule has 1 aliphatic heterocycles. The maximum atomic E-state index is 9.59. The van der Waals surface area contributed by atoms with Crippen molar-refractivity contribution in [3.8, 4) is 17.7 Å². The molecule has 1 aromatic carbocycles. The average molecular weight is 375 g/mol. The summed E-state index contributed by atoms with van der Waals surface area (Å²) in [5.74, 6) is 0.779. The van der Waals surface area contributed by atoms with Crippen LogP contribution in [0.15, 0.2) is 34.1 Å². The van der Waals surface area contributed by atoms with Crippen LogP contribution in [0.4, 0.5) is 0 Å². The molecular formula is C16H15BrN4O2. The average Bonchev–Trinajstić information content (AvgIpc) is 2.89. The largest absolute Gasteiger partial charge is 0.494 e. The quantitative estimate of drug-likeness (QED) is 0.859. The van der Waals surface area contributed by atoms with E-state index in [1.165, 1.54) is 0 Å². The van der Waals surface area contributed by atoms with Gasteiger partial charge in [0.15, 0.2) is 0 Å². The standard InChI is InChI=1S/C16H15BrN4O2/c1-3-22-12-5-4-9(17)6-10(12)14-11(7-18)15(19)23-16-13(14)8(2)20-21-16/h4-6,14H,3,19H2,1-2H3,(H,20,21). The maximum absolute atomic E-state index is 9.59. The van der Waals surface area contributed by atoms with Crippen LogP contribution in [-0.2, 0) is 0 Å². The molecule has 23 heavy (non-hydrogen) atoms. The molecule has 0 amide bonds. The first kappa shape index (κ1) is 15.4. The summed E-state index contributed by atoms with van der Waals surface area (Å²) in [5, 5.41) is 16.6. The van der Waals surface area contributed by atoms with Gasteiger partial charge in [0, 0.05) is 21.3 Å². The van der Waals surface area contributed by atoms with E-state index in [0.717, 1.165) is 21.3 Å². The lowest BCUT2D eigenvalue weighted by molar-refractivity contribution is 0.334. The molecule has 1 aliphatic rings. The lowest BCUT2D eigenvalue weighted by atomic mass is 9.83. The van der Waals surface area contributed by atoms with Crippen molar-refractivity contribution < 1.29 is 9.47 Å². The number of ether oxygens (including phenoxy) is 2. The molecular weight excluding hydrogens is 360 g/mol. The number of aryl methyl sites for hydroxylation is 1. The van der Waals surface area contributed by atoms with Crippen molar-refractivity contribution in [1.29, 1.82) is 5.26 Å². The highest BCUT2D eigenvalue weighted by molar-refractivity contribution is 9.10. The van der Waals surface area contributed by atoms with Crippen LogP contribution in [0.1, 0.15) is 29.7 Å². The van der Waals surface area contributed by atoms with Gasteiger partial charge in [-0.05, 0) is 32.0 Å². The second-order valence-electron chi connectivity index (χ2n) is 5.11. The minimum absolute atomic E-state index is 0.0684. The summed E-state index contributed by atoms with van der Waals surface area (Å²) in [7, 11) is 0. The topological polar surface area (TPSA) is 96.9 Å². The second-order valence-corrected chi connectivity index (χ2v) is 6.02. The van der Waals surface area contributed by atoms with Gasteiger partial charge in [-0.2, -0.15) is 5.26 Å². The molecule has 7 heteroatoms. The molecule has 0 aliphatic carbocycles. The Kier molecular flexibility index (Phi) is 4.01. The number of halogens is 1. The normalized spacial score (nSPS) is 16.5. The fraction of sp³-hybridized carbons (Fsp3) is 0.250. The van der Waals surface area contributed by atoms with E-state index < -0.39 is 0 Å². The number of nitrogens with zero attached hydrogens (tertiary/aromatic N) is 2. The van der Waals surface area contributed by atoms with Gasteiger partial charge in [-0.1, -0.05) is 15.9 Å². The van der Waals surface area contributed by atoms with Crippen LogP contribution in [0.5, 0.6) is 11.6 Å². The van der Waals surface area contributed by atoms with E-state index in [-0.39, 0.29) is 11.8 Å². The van der Waals surface area contributed by atoms with E-state index in [2.05, 4.69) is 32.2 Å². The summed E-state index contributed by atoms with van der Waals surface area (Å²) in [6, 6.07) is 7.87. The molecule has 2 aromatic rings. The molecule has 0 bridgehead atoms. The molecule has 1 aromatic heterocycles. The summed E-state index contributed by atoms with van der Waals surface area (Å²) in [4.78, 5) is 0. The number of nitriles is 1. The van der Waals surface area contributed by atoms with Gasteiger partial charge in [0.05, 0.1) is 12.5 Å². The SMILES string of the molecule is CCOc1ccc(Br)cc1C1C(C#N)=C(N)Oc2n[nH]c(C)c21. The van der Waals surface area contributed by atoms with Crippen LogP contribution < -0.4 is 15.2 Å². The maximum Gasteiger partial charge on any atom is 0.244 e. The van der Waals surface area contributed by atoms with Crippen LogP contribution in [0.25, 0.3) is 0 Å². The van der Waals surface area contributed by atoms with Crippen molar-refractivity contribution in [2.45, 2.75) is 19.8 Å². The Labute approximate surface area is 142 Å². The first-order valence-electron chi connectivity index (χ1n) is 7.11. The number of allylic oxidation sites excluding steroid dienone is 1. The van der Waals surface area contributed by atoms with E-state index in [9.17, 15) is 5.26 Å². The number of nitrogens with two attached hydrogens (primary N) is 1. The van der Waals surface area contributed by atoms with Gasteiger partial charge in [-0.3, -0.25) is 5.10 Å². The Morgan fingerprint density at radius 2 is 2.30 bits per heavy atom. The van der Waals surface area contributed by atoms with Gasteiger partial charge in [0.2, 0.25) is 11.8 Å². The lowest BCUT2D eigenvalue weighted by Gasteiger charge is -2.25. The van der Waals surface area contributed by atoms with Gasteiger partial charge < -0.3 is 15.2 Å². The second kappa shape index (κ2) is 5.97. The van der Waals surface area contributed by atoms with E-state index in [1.807, 2.05) is 32.0 Å². The first-order chi connectivity index (χ1) is 11.1. The number of rotatable bonds is 3. The first-order valence-corrected chi connectivity index (χ1v) is 7.90. The third kappa shape index (κ3) is 2.55. The summed E-state index contributed by atoms with van der Waals surface area (Å²) in [5.41, 5.74) is 8.75. The van der Waals surface area contributed by atoms with E-state index in [4.69, 9.17) is 15.2 Å². The number of aromatic nitrogens is 2. The Bertz CT molecular complexity index is 835. The summed E-state index contributed by atoms with van der Waals surface area (Å²) >= 11 is 3.48. The van der Waals surface area contributed by atoms with E-state index in [0.29, 0.717) is 23.8 Å². The Hall–Kier alpha value is -2.46. The predicted octanol–water partition coefficient (Wildman–Crippen LogP) is 3.10. The van der Waals surface area contributed by atoms with Gasteiger partial charge >= 0.3 is 0 Å². The highest BCUT2D eigenvalue weighted by Crippen LogP contribution is 2.45. The van der Waals surface area contributed by atoms with Crippen molar-refractivity contribution in [3.63, 3.8) is 0 Å². The zero-order chi connectivity index (χ0) is 16.6. The number of benzene rings is 1. The monoisotopic (exact) mass is 374 g/mol. The Morgan fingerprint density at radius 3 is 3.00 bits per heavy atom. The molecule has 3 rings (SSSR count). The third-order valence-electron chi connectivity index (χ3n) is 3.71. The van der Waals surface area contributed by atoms with Crippen molar-refractivity contribution in [2.75, 3.05) is 6.61 Å². The molecule has 118 valence electrons. The number of nitrogens with one attached hydrogen (secondary N) is 1. The number of aromatic amines is 1. The van der Waals surface area contributed by atoms with Crippen LogP contribution in [0, 0.1) is 18.3 Å². The van der Waals surface area contributed by atoms with Crippen LogP contribution in [-0.4, -0.2) is 16.8 Å². The zero-order valence-corrected chi connectivity index (χ0v) is 14.3. The number of hydrogen-bond acceptors (Lipinski definition) is 5. The molecule has 0 saturated heterocycles. The lowest BCUT2D eigenvalue weighted by Crippen LogP contribution is -2.21. The molecule has 0 saturated carbocycles. The molecule has 3 N–H and O–H groups in total. The summed E-state index contributed by atoms with van der Waals surface area (Å²) in [6.07, 6.45) is 0. The van der Waals surface area contributed by atoms with Crippen LogP contribution in [0.2, 0.25) is 0 Å². The Morgan fingerprint density at radius 1 is 1.52 bits per heavy atom.